The van der Waals surface area contributed by atoms with Gasteiger partial charge in [-0.3, -0.25) is 9.59 Å². The third kappa shape index (κ3) is 6.25. The van der Waals surface area contributed by atoms with Crippen LogP contribution in [0.5, 0.6) is 11.5 Å². The molecule has 190 valence electrons. The molecule has 1 aliphatic heterocycles. The summed E-state index contributed by atoms with van der Waals surface area (Å²) in [5, 5.41) is 0. The predicted molar refractivity (Wildman–Crippen MR) is 117 cm³/mol. The van der Waals surface area contributed by atoms with Gasteiger partial charge in [-0.15, -0.1) is 0 Å². The first-order valence-corrected chi connectivity index (χ1v) is 11.3. The minimum atomic E-state index is -3.01. The van der Waals surface area contributed by atoms with E-state index in [9.17, 15) is 18.4 Å². The molecule has 10 nitrogen and oxygen atoms in total. The first-order valence-electron chi connectivity index (χ1n) is 11.3. The highest BCUT2D eigenvalue weighted by molar-refractivity contribution is 5.94. The topological polar surface area (TPSA) is 126 Å². The zero-order valence-corrected chi connectivity index (χ0v) is 19.4. The molecule has 1 aliphatic carbocycles. The molecule has 2 atom stereocenters. The van der Waals surface area contributed by atoms with Crippen molar-refractivity contribution in [2.24, 2.45) is 11.7 Å². The van der Waals surface area contributed by atoms with E-state index >= 15 is 0 Å². The lowest BCUT2D eigenvalue weighted by Crippen LogP contribution is -2.47. The number of hydrogen-bond donors (Lipinski definition) is 1. The van der Waals surface area contributed by atoms with Gasteiger partial charge in [0, 0.05) is 19.0 Å². The molecule has 0 radical (unpaired) electrons. The average molecular weight is 495 g/mol. The van der Waals surface area contributed by atoms with Crippen LogP contribution in [0.15, 0.2) is 22.6 Å². The molecule has 2 aliphatic rings. The molecule has 4 rings (SSSR count). The summed E-state index contributed by atoms with van der Waals surface area (Å²) in [7, 11) is 0. The largest absolute Gasteiger partial charge is 0.489 e. The van der Waals surface area contributed by atoms with E-state index in [0.717, 1.165) is 12.8 Å². The van der Waals surface area contributed by atoms with Gasteiger partial charge < -0.3 is 34.0 Å². The molecule has 0 spiro atoms. The second-order valence-electron chi connectivity index (χ2n) is 8.48. The number of benzene rings is 1. The summed E-state index contributed by atoms with van der Waals surface area (Å²) >= 11 is 0. The summed E-state index contributed by atoms with van der Waals surface area (Å²) in [4.78, 5) is 30.3. The number of ether oxygens (including phenoxy) is 4. The number of aromatic nitrogens is 1. The smallest absolute Gasteiger partial charge is 0.387 e. The highest BCUT2D eigenvalue weighted by Crippen LogP contribution is 2.37. The maximum atomic E-state index is 13.3. The lowest BCUT2D eigenvalue weighted by atomic mass is 10.2. The van der Waals surface area contributed by atoms with E-state index in [0.29, 0.717) is 18.1 Å². The summed E-state index contributed by atoms with van der Waals surface area (Å²) < 4.78 is 52.2. The van der Waals surface area contributed by atoms with Crippen LogP contribution in [-0.4, -0.2) is 61.0 Å². The van der Waals surface area contributed by atoms with Crippen LogP contribution in [0.1, 0.15) is 49.0 Å². The Hall–Kier alpha value is -3.25. The molecule has 1 saturated carbocycles. The average Bonchev–Trinajstić information content (AvgIpc) is 3.52. The van der Waals surface area contributed by atoms with Crippen LogP contribution in [0.3, 0.4) is 0 Å². The van der Waals surface area contributed by atoms with Gasteiger partial charge in [0.1, 0.15) is 0 Å². The van der Waals surface area contributed by atoms with Crippen molar-refractivity contribution in [2.75, 3.05) is 26.3 Å². The van der Waals surface area contributed by atoms with Gasteiger partial charge in [-0.25, -0.2) is 4.98 Å². The number of halogens is 2. The molecule has 1 aromatic carbocycles. The lowest BCUT2D eigenvalue weighted by Gasteiger charge is -2.31. The Morgan fingerprint density at radius 1 is 1.29 bits per heavy atom. The second-order valence-corrected chi connectivity index (χ2v) is 8.48. The van der Waals surface area contributed by atoms with Crippen LogP contribution in [0.2, 0.25) is 0 Å². The molecule has 2 heterocycles. The Kier molecular flexibility index (Phi) is 7.51. The van der Waals surface area contributed by atoms with Crippen molar-refractivity contribution in [3.63, 3.8) is 0 Å². The normalized spacial score (nSPS) is 18.9. The Balaban J connectivity index is 1.60. The number of carbonyl (C=O) groups is 2. The van der Waals surface area contributed by atoms with Gasteiger partial charge in [0.25, 0.3) is 5.91 Å². The van der Waals surface area contributed by atoms with Gasteiger partial charge in [-0.2, -0.15) is 8.78 Å². The fourth-order valence-electron chi connectivity index (χ4n) is 3.57. The number of rotatable bonds is 9. The van der Waals surface area contributed by atoms with E-state index in [1.807, 2.05) is 0 Å². The van der Waals surface area contributed by atoms with Crippen LogP contribution in [0, 0.1) is 5.92 Å². The molecule has 2 N–H and O–H groups in total. The highest BCUT2D eigenvalue weighted by Gasteiger charge is 2.32. The number of morpholine rings is 1. The zero-order chi connectivity index (χ0) is 25.1. The molecular weight excluding hydrogens is 468 g/mol. The van der Waals surface area contributed by atoms with Crippen molar-refractivity contribution >= 4 is 11.9 Å². The van der Waals surface area contributed by atoms with Crippen molar-refractivity contribution in [1.82, 2.24) is 9.88 Å². The van der Waals surface area contributed by atoms with E-state index in [2.05, 4.69) is 9.72 Å². The predicted octanol–water partition coefficient (Wildman–Crippen LogP) is 3.11. The number of hydrogen-bond acceptors (Lipinski definition) is 9. The van der Waals surface area contributed by atoms with E-state index in [4.69, 9.17) is 24.4 Å². The van der Waals surface area contributed by atoms with E-state index < -0.39 is 30.8 Å². The molecular formula is C23H27F2N3O7. The van der Waals surface area contributed by atoms with E-state index in [1.54, 1.807) is 6.92 Å². The third-order valence-electron chi connectivity index (χ3n) is 5.47. The fourth-order valence-corrected chi connectivity index (χ4v) is 3.57. The van der Waals surface area contributed by atoms with E-state index in [1.165, 1.54) is 30.0 Å². The first-order chi connectivity index (χ1) is 16.7. The molecule has 2 aromatic rings. The molecule has 12 heteroatoms. The summed E-state index contributed by atoms with van der Waals surface area (Å²) in [5.41, 5.74) is 6.44. The van der Waals surface area contributed by atoms with Crippen LogP contribution < -0.4 is 15.2 Å². The molecule has 2 fully saturated rings. The number of esters is 1. The molecule has 35 heavy (non-hydrogen) atoms. The Morgan fingerprint density at radius 2 is 2.06 bits per heavy atom. The Labute approximate surface area is 200 Å². The standard InChI is InChI=1S/C23H27F2N3O7/c1-12(26)20-19(22(30)28-7-8-31-18(10-28)33-13(2)29)27-21(35-20)15-5-6-16(34-23(24)25)17(9-15)32-11-14-3-4-14/h5-6,9,12,14,18,23H,3-4,7-8,10-11,26H2,1-2H3/t12-,18?/m0/s1. The quantitative estimate of drug-likeness (QED) is 0.522. The number of carbonyl (C=O) groups excluding carboxylic acids is 2. The second kappa shape index (κ2) is 10.6. The Bertz CT molecular complexity index is 1070. The van der Waals surface area contributed by atoms with Crippen molar-refractivity contribution in [3.8, 4) is 23.0 Å². The highest BCUT2D eigenvalue weighted by atomic mass is 19.3. The monoisotopic (exact) mass is 495 g/mol. The van der Waals surface area contributed by atoms with Gasteiger partial charge in [-0.1, -0.05) is 0 Å². The molecule has 1 unspecified atom stereocenters. The van der Waals surface area contributed by atoms with Crippen molar-refractivity contribution in [1.29, 1.82) is 0 Å². The van der Waals surface area contributed by atoms with Gasteiger partial charge in [0.15, 0.2) is 23.0 Å². The van der Waals surface area contributed by atoms with Crippen LogP contribution in [-0.2, 0) is 14.3 Å². The number of amides is 1. The van der Waals surface area contributed by atoms with Crippen LogP contribution in [0.25, 0.3) is 11.5 Å². The number of nitrogens with two attached hydrogens (primary N) is 1. The summed E-state index contributed by atoms with van der Waals surface area (Å²) in [6.45, 7) is 0.727. The fraction of sp³-hybridized carbons (Fsp3) is 0.522. The van der Waals surface area contributed by atoms with Crippen molar-refractivity contribution in [3.05, 3.63) is 29.7 Å². The van der Waals surface area contributed by atoms with Gasteiger partial charge >= 0.3 is 12.6 Å². The van der Waals surface area contributed by atoms with Crippen LogP contribution in [0.4, 0.5) is 8.78 Å². The van der Waals surface area contributed by atoms with Crippen molar-refractivity contribution in [2.45, 2.75) is 45.6 Å². The maximum Gasteiger partial charge on any atom is 0.387 e. The zero-order valence-electron chi connectivity index (χ0n) is 19.4. The third-order valence-corrected chi connectivity index (χ3v) is 5.47. The summed E-state index contributed by atoms with van der Waals surface area (Å²) in [6.07, 6.45) is 1.16. The van der Waals surface area contributed by atoms with Crippen molar-refractivity contribution < 1.29 is 41.7 Å². The SMILES string of the molecule is CC(=O)OC1CN(C(=O)c2nc(-c3ccc(OC(F)F)c(OCC4CC4)c3)oc2[C@H](C)N)CCO1. The summed E-state index contributed by atoms with van der Waals surface area (Å²) in [6, 6.07) is 3.65. The van der Waals surface area contributed by atoms with Crippen LogP contribution >= 0.6 is 0 Å². The summed E-state index contributed by atoms with van der Waals surface area (Å²) in [5.74, 6) is -0.346. The molecule has 1 amide bonds. The number of nitrogens with zero attached hydrogens (tertiary/aromatic N) is 2. The number of alkyl halides is 2. The van der Waals surface area contributed by atoms with Gasteiger partial charge in [0.2, 0.25) is 12.2 Å². The molecule has 1 saturated heterocycles. The maximum absolute atomic E-state index is 13.3. The Morgan fingerprint density at radius 3 is 2.71 bits per heavy atom. The molecule has 1 aromatic heterocycles. The van der Waals surface area contributed by atoms with Gasteiger partial charge in [-0.05, 0) is 43.9 Å². The first kappa shape index (κ1) is 24.9. The minimum Gasteiger partial charge on any atom is -0.489 e. The van der Waals surface area contributed by atoms with E-state index in [-0.39, 0.29) is 48.5 Å². The number of oxazole rings is 1. The van der Waals surface area contributed by atoms with Gasteiger partial charge in [0.05, 0.1) is 25.8 Å². The minimum absolute atomic E-state index is 0.00632. The lowest BCUT2D eigenvalue weighted by molar-refractivity contribution is -0.188. The molecule has 0 bridgehead atoms.